The maximum Gasteiger partial charge on any atom is 0.127 e. The molecule has 22 heavy (non-hydrogen) atoms. The summed E-state index contributed by atoms with van der Waals surface area (Å²) in [5.74, 6) is 0.959. The minimum Gasteiger partial charge on any atom is -0.493 e. The Kier molecular flexibility index (Phi) is 3.19. The zero-order valence-corrected chi connectivity index (χ0v) is 12.7. The van der Waals surface area contributed by atoms with E-state index in [0.717, 1.165) is 12.2 Å². The van der Waals surface area contributed by atoms with Gasteiger partial charge in [-0.25, -0.2) is 0 Å². The SMILES string of the molecule is CCOc1ccccc1-c1ccc2c(c1)Cc1ccccc1-2. The second-order valence-electron chi connectivity index (χ2n) is 5.64. The molecule has 0 aromatic heterocycles. The van der Waals surface area contributed by atoms with E-state index in [1.165, 1.54) is 33.4 Å². The molecule has 3 aromatic rings. The van der Waals surface area contributed by atoms with Gasteiger partial charge in [0.05, 0.1) is 6.61 Å². The molecule has 0 aliphatic heterocycles. The average molecular weight is 286 g/mol. The third kappa shape index (κ3) is 2.10. The average Bonchev–Trinajstić information content (AvgIpc) is 2.93. The van der Waals surface area contributed by atoms with Crippen molar-refractivity contribution in [2.75, 3.05) is 6.61 Å². The Morgan fingerprint density at radius 2 is 1.50 bits per heavy atom. The van der Waals surface area contributed by atoms with Crippen LogP contribution in [-0.2, 0) is 6.42 Å². The predicted molar refractivity (Wildman–Crippen MR) is 91.3 cm³/mol. The minimum atomic E-state index is 0.688. The van der Waals surface area contributed by atoms with Crippen LogP contribution in [0.25, 0.3) is 22.3 Å². The van der Waals surface area contributed by atoms with Crippen LogP contribution in [0.1, 0.15) is 18.1 Å². The number of fused-ring (bicyclic) bond motifs is 3. The Balaban J connectivity index is 1.80. The highest BCUT2D eigenvalue weighted by Gasteiger charge is 2.18. The molecule has 3 aromatic carbocycles. The van der Waals surface area contributed by atoms with Gasteiger partial charge in [0, 0.05) is 5.56 Å². The molecule has 0 fully saturated rings. The minimum absolute atomic E-state index is 0.688. The fraction of sp³-hybridized carbons (Fsp3) is 0.143. The van der Waals surface area contributed by atoms with Crippen LogP contribution in [0.4, 0.5) is 0 Å². The van der Waals surface area contributed by atoms with Crippen LogP contribution < -0.4 is 4.74 Å². The van der Waals surface area contributed by atoms with Gasteiger partial charge in [0.2, 0.25) is 0 Å². The first-order chi connectivity index (χ1) is 10.9. The number of rotatable bonds is 3. The van der Waals surface area contributed by atoms with Gasteiger partial charge in [0.25, 0.3) is 0 Å². The summed E-state index contributed by atoms with van der Waals surface area (Å²) in [6, 6.07) is 23.7. The van der Waals surface area contributed by atoms with E-state index >= 15 is 0 Å². The van der Waals surface area contributed by atoms with Crippen molar-refractivity contribution in [3.63, 3.8) is 0 Å². The zero-order chi connectivity index (χ0) is 14.9. The normalized spacial score (nSPS) is 11.9. The summed E-state index contributed by atoms with van der Waals surface area (Å²) in [5.41, 5.74) is 7.98. The van der Waals surface area contributed by atoms with Crippen molar-refractivity contribution in [3.05, 3.63) is 77.9 Å². The molecule has 0 atom stereocenters. The highest BCUT2D eigenvalue weighted by molar-refractivity contribution is 5.81. The smallest absolute Gasteiger partial charge is 0.127 e. The topological polar surface area (TPSA) is 9.23 Å². The van der Waals surface area contributed by atoms with Crippen molar-refractivity contribution in [1.29, 1.82) is 0 Å². The van der Waals surface area contributed by atoms with E-state index < -0.39 is 0 Å². The van der Waals surface area contributed by atoms with E-state index in [-0.39, 0.29) is 0 Å². The van der Waals surface area contributed by atoms with Gasteiger partial charge < -0.3 is 4.74 Å². The summed E-state index contributed by atoms with van der Waals surface area (Å²) in [7, 11) is 0. The van der Waals surface area contributed by atoms with Gasteiger partial charge in [-0.2, -0.15) is 0 Å². The van der Waals surface area contributed by atoms with Gasteiger partial charge in [-0.15, -0.1) is 0 Å². The number of para-hydroxylation sites is 1. The van der Waals surface area contributed by atoms with E-state index in [1.807, 2.05) is 19.1 Å². The van der Waals surface area contributed by atoms with E-state index in [0.29, 0.717) is 6.61 Å². The van der Waals surface area contributed by atoms with E-state index in [1.54, 1.807) is 0 Å². The molecule has 0 saturated carbocycles. The Morgan fingerprint density at radius 3 is 2.36 bits per heavy atom. The quantitative estimate of drug-likeness (QED) is 0.495. The second-order valence-corrected chi connectivity index (χ2v) is 5.64. The Hall–Kier alpha value is -2.54. The third-order valence-electron chi connectivity index (χ3n) is 4.29. The largest absolute Gasteiger partial charge is 0.493 e. The lowest BCUT2D eigenvalue weighted by Crippen LogP contribution is -1.94. The summed E-state index contributed by atoms with van der Waals surface area (Å²) >= 11 is 0. The van der Waals surface area contributed by atoms with Crippen molar-refractivity contribution in [3.8, 4) is 28.0 Å². The summed E-state index contributed by atoms with van der Waals surface area (Å²) in [6.45, 7) is 2.71. The van der Waals surface area contributed by atoms with Gasteiger partial charge >= 0.3 is 0 Å². The van der Waals surface area contributed by atoms with Crippen LogP contribution in [0.15, 0.2) is 66.7 Å². The van der Waals surface area contributed by atoms with Crippen LogP contribution >= 0.6 is 0 Å². The molecule has 0 heterocycles. The maximum atomic E-state index is 5.77. The summed E-state index contributed by atoms with van der Waals surface area (Å²) in [5, 5.41) is 0. The van der Waals surface area contributed by atoms with Crippen LogP contribution in [0.5, 0.6) is 5.75 Å². The summed E-state index contributed by atoms with van der Waals surface area (Å²) in [4.78, 5) is 0. The van der Waals surface area contributed by atoms with E-state index in [4.69, 9.17) is 4.74 Å². The monoisotopic (exact) mass is 286 g/mol. The molecule has 108 valence electrons. The van der Waals surface area contributed by atoms with Gasteiger partial charge in [-0.05, 0) is 47.2 Å². The van der Waals surface area contributed by atoms with Gasteiger partial charge in [0.1, 0.15) is 5.75 Å². The Morgan fingerprint density at radius 1 is 0.773 bits per heavy atom. The van der Waals surface area contributed by atoms with Crippen molar-refractivity contribution in [2.45, 2.75) is 13.3 Å². The lowest BCUT2D eigenvalue weighted by Gasteiger charge is -2.11. The molecule has 0 amide bonds. The number of hydrogen-bond acceptors (Lipinski definition) is 1. The van der Waals surface area contributed by atoms with Crippen molar-refractivity contribution in [2.24, 2.45) is 0 Å². The van der Waals surface area contributed by atoms with Crippen molar-refractivity contribution in [1.82, 2.24) is 0 Å². The number of benzene rings is 3. The van der Waals surface area contributed by atoms with Crippen LogP contribution in [0, 0.1) is 0 Å². The van der Waals surface area contributed by atoms with Crippen LogP contribution in [0.2, 0.25) is 0 Å². The molecule has 0 radical (unpaired) electrons. The summed E-state index contributed by atoms with van der Waals surface area (Å²) in [6.07, 6.45) is 1.02. The molecule has 4 rings (SSSR count). The molecule has 0 unspecified atom stereocenters. The van der Waals surface area contributed by atoms with Crippen molar-refractivity contribution < 1.29 is 4.74 Å². The third-order valence-corrected chi connectivity index (χ3v) is 4.29. The molecule has 0 N–H and O–H groups in total. The number of hydrogen-bond donors (Lipinski definition) is 0. The Labute approximate surface area is 131 Å². The molecule has 0 saturated heterocycles. The van der Waals surface area contributed by atoms with Gasteiger partial charge in [0.15, 0.2) is 0 Å². The maximum absolute atomic E-state index is 5.77. The fourth-order valence-electron chi connectivity index (χ4n) is 3.30. The number of ether oxygens (including phenoxy) is 1. The zero-order valence-electron chi connectivity index (χ0n) is 12.7. The summed E-state index contributed by atoms with van der Waals surface area (Å²) < 4.78 is 5.77. The predicted octanol–water partition coefficient (Wildman–Crippen LogP) is 5.32. The molecular formula is C21H18O. The van der Waals surface area contributed by atoms with Gasteiger partial charge in [-0.1, -0.05) is 60.7 Å². The van der Waals surface area contributed by atoms with E-state index in [9.17, 15) is 0 Å². The molecule has 1 heteroatoms. The highest BCUT2D eigenvalue weighted by Crippen LogP contribution is 2.39. The highest BCUT2D eigenvalue weighted by atomic mass is 16.5. The second kappa shape index (κ2) is 5.34. The molecular weight excluding hydrogens is 268 g/mol. The fourth-order valence-corrected chi connectivity index (χ4v) is 3.30. The van der Waals surface area contributed by atoms with Crippen LogP contribution in [-0.4, -0.2) is 6.61 Å². The molecule has 1 nitrogen and oxygen atoms in total. The Bertz CT molecular complexity index is 833. The first kappa shape index (κ1) is 13.1. The standard InChI is InChI=1S/C21H18O/c1-2-22-21-10-6-5-9-20(21)16-11-12-19-17(14-16)13-15-7-3-4-8-18(15)19/h3-12,14H,2,13H2,1H3. The van der Waals surface area contributed by atoms with Gasteiger partial charge in [-0.3, -0.25) is 0 Å². The molecule has 0 spiro atoms. The molecule has 1 aliphatic rings. The van der Waals surface area contributed by atoms with Crippen LogP contribution in [0.3, 0.4) is 0 Å². The molecule has 0 bridgehead atoms. The lowest BCUT2D eigenvalue weighted by molar-refractivity contribution is 0.341. The first-order valence-corrected chi connectivity index (χ1v) is 7.80. The first-order valence-electron chi connectivity index (χ1n) is 7.80. The van der Waals surface area contributed by atoms with E-state index in [2.05, 4.69) is 54.6 Å². The molecule has 1 aliphatic carbocycles. The lowest BCUT2D eigenvalue weighted by atomic mass is 9.98. The van der Waals surface area contributed by atoms with Crippen molar-refractivity contribution >= 4 is 0 Å².